The first-order valence-electron chi connectivity index (χ1n) is 33.3. The minimum absolute atomic E-state index is 0.0143. The third-order valence-corrected chi connectivity index (χ3v) is 15.9. The second-order valence-corrected chi connectivity index (χ2v) is 23.2. The fourth-order valence-corrected chi connectivity index (χ4v) is 10.8. The van der Waals surface area contributed by atoms with Gasteiger partial charge < -0.3 is 20.3 Å². The Hall–Kier alpha value is -1.14. The van der Waals surface area contributed by atoms with Crippen LogP contribution in [0.15, 0.2) is 0 Å². The molecule has 1 amide bonds. The highest BCUT2D eigenvalue weighted by Gasteiger charge is 2.20. The van der Waals surface area contributed by atoms with E-state index in [0.29, 0.717) is 25.9 Å². The van der Waals surface area contributed by atoms with Crippen LogP contribution in [0.2, 0.25) is 0 Å². The standard InChI is InChI=1S/C66H131NO5/c1-3-5-7-9-11-13-15-17-19-20-21-22-25-28-31-34-38-42-46-50-54-58-64(69)63(62-68)67-65(70)59-55-51-47-43-39-35-32-29-26-23-24-27-30-33-37-41-45-49-53-57-61-72-66(71)60-56-52-48-44-40-36-18-16-14-12-10-8-6-4-2/h63-64,68-69H,3-62H2,1-2H3,(H,67,70). The number of aliphatic hydroxyl groups excluding tert-OH is 2. The van der Waals surface area contributed by atoms with Crippen molar-refractivity contribution < 1.29 is 24.5 Å². The molecule has 0 aromatic heterocycles. The van der Waals surface area contributed by atoms with Crippen molar-refractivity contribution in [1.29, 1.82) is 0 Å². The highest BCUT2D eigenvalue weighted by atomic mass is 16.5. The maximum Gasteiger partial charge on any atom is 0.305 e. The number of rotatable bonds is 63. The van der Waals surface area contributed by atoms with Crippen LogP contribution >= 0.6 is 0 Å². The zero-order chi connectivity index (χ0) is 52.2. The molecular formula is C66H131NO5. The molecule has 0 spiro atoms. The summed E-state index contributed by atoms with van der Waals surface area (Å²) in [6.45, 7) is 4.99. The Kier molecular flexibility index (Phi) is 61.4. The van der Waals surface area contributed by atoms with Gasteiger partial charge in [0.25, 0.3) is 0 Å². The molecule has 0 aliphatic rings. The first-order chi connectivity index (χ1) is 35.5. The number of ether oxygens (including phenoxy) is 1. The summed E-state index contributed by atoms with van der Waals surface area (Å²) in [6, 6.07) is -0.542. The number of aliphatic hydroxyl groups is 2. The maximum absolute atomic E-state index is 12.5. The van der Waals surface area contributed by atoms with E-state index in [1.807, 2.05) is 0 Å². The van der Waals surface area contributed by atoms with Crippen LogP contribution in [0.5, 0.6) is 0 Å². The largest absolute Gasteiger partial charge is 0.466 e. The molecule has 0 bridgehead atoms. The van der Waals surface area contributed by atoms with Crippen LogP contribution in [-0.4, -0.2) is 47.4 Å². The molecule has 0 fully saturated rings. The van der Waals surface area contributed by atoms with E-state index in [1.54, 1.807) is 0 Å². The Morgan fingerprint density at radius 1 is 0.333 bits per heavy atom. The number of esters is 1. The SMILES string of the molecule is CCCCCCCCCCCCCCCCCCCCCCCC(O)C(CO)NC(=O)CCCCCCCCCCCCCCCCCCCCCCOC(=O)CCCCCCCCCCCCCCCC. The second-order valence-electron chi connectivity index (χ2n) is 23.2. The van der Waals surface area contributed by atoms with Crippen LogP contribution < -0.4 is 5.32 Å². The lowest BCUT2D eigenvalue weighted by Crippen LogP contribution is -2.45. The Morgan fingerprint density at radius 2 is 0.569 bits per heavy atom. The van der Waals surface area contributed by atoms with Gasteiger partial charge >= 0.3 is 5.97 Å². The average Bonchev–Trinajstić information content (AvgIpc) is 3.38. The van der Waals surface area contributed by atoms with Gasteiger partial charge in [-0.05, 0) is 25.7 Å². The lowest BCUT2D eigenvalue weighted by atomic mass is 10.0. The molecular weight excluding hydrogens is 887 g/mol. The summed E-state index contributed by atoms with van der Waals surface area (Å²) in [5.74, 6) is -0.0173. The van der Waals surface area contributed by atoms with Crippen molar-refractivity contribution in [2.45, 2.75) is 398 Å². The molecule has 0 radical (unpaired) electrons. The zero-order valence-corrected chi connectivity index (χ0v) is 49.2. The molecule has 0 saturated carbocycles. The van der Waals surface area contributed by atoms with Gasteiger partial charge in [-0.1, -0.05) is 348 Å². The Morgan fingerprint density at radius 3 is 0.847 bits per heavy atom. The van der Waals surface area contributed by atoms with Crippen molar-refractivity contribution in [3.63, 3.8) is 0 Å². The first-order valence-corrected chi connectivity index (χ1v) is 33.3. The van der Waals surface area contributed by atoms with Crippen LogP contribution in [-0.2, 0) is 14.3 Å². The number of unbranched alkanes of at least 4 members (excludes halogenated alkanes) is 52. The summed E-state index contributed by atoms with van der Waals surface area (Å²) in [4.78, 5) is 24.6. The van der Waals surface area contributed by atoms with E-state index in [4.69, 9.17) is 4.74 Å². The highest BCUT2D eigenvalue weighted by Crippen LogP contribution is 2.19. The van der Waals surface area contributed by atoms with Gasteiger partial charge in [0.15, 0.2) is 0 Å². The van der Waals surface area contributed by atoms with Crippen molar-refractivity contribution >= 4 is 11.9 Å². The molecule has 3 N–H and O–H groups in total. The van der Waals surface area contributed by atoms with E-state index in [2.05, 4.69) is 19.2 Å². The summed E-state index contributed by atoms with van der Waals surface area (Å²) in [5.41, 5.74) is 0. The summed E-state index contributed by atoms with van der Waals surface area (Å²) in [7, 11) is 0. The predicted octanol–water partition coefficient (Wildman–Crippen LogP) is 21.0. The summed E-state index contributed by atoms with van der Waals surface area (Å²) < 4.78 is 5.49. The van der Waals surface area contributed by atoms with E-state index < -0.39 is 12.1 Å². The molecule has 430 valence electrons. The van der Waals surface area contributed by atoms with Crippen molar-refractivity contribution in [2.75, 3.05) is 13.2 Å². The third-order valence-electron chi connectivity index (χ3n) is 15.9. The molecule has 2 atom stereocenters. The monoisotopic (exact) mass is 1020 g/mol. The molecule has 72 heavy (non-hydrogen) atoms. The number of carbonyl (C=O) groups is 2. The van der Waals surface area contributed by atoms with Gasteiger partial charge in [0.1, 0.15) is 0 Å². The van der Waals surface area contributed by atoms with Crippen LogP contribution in [0.1, 0.15) is 386 Å². The molecule has 2 unspecified atom stereocenters. The average molecular weight is 1020 g/mol. The van der Waals surface area contributed by atoms with Gasteiger partial charge in [-0.25, -0.2) is 0 Å². The normalized spacial score (nSPS) is 12.4. The van der Waals surface area contributed by atoms with Gasteiger partial charge in [-0.3, -0.25) is 9.59 Å². The number of hydrogen-bond acceptors (Lipinski definition) is 5. The van der Waals surface area contributed by atoms with Crippen molar-refractivity contribution in [3.05, 3.63) is 0 Å². The number of carbonyl (C=O) groups excluding carboxylic acids is 2. The van der Waals surface area contributed by atoms with Gasteiger partial charge in [-0.2, -0.15) is 0 Å². The number of amides is 1. The molecule has 0 rings (SSSR count). The smallest absolute Gasteiger partial charge is 0.305 e. The number of hydrogen-bond donors (Lipinski definition) is 3. The predicted molar refractivity (Wildman–Crippen MR) is 315 cm³/mol. The zero-order valence-electron chi connectivity index (χ0n) is 49.2. The summed E-state index contributed by atoms with van der Waals surface area (Å²) in [6.07, 6.45) is 74.1. The van der Waals surface area contributed by atoms with Crippen molar-refractivity contribution in [1.82, 2.24) is 5.32 Å². The molecule has 6 heteroatoms. The van der Waals surface area contributed by atoms with E-state index >= 15 is 0 Å². The lowest BCUT2D eigenvalue weighted by Gasteiger charge is -2.22. The van der Waals surface area contributed by atoms with Crippen LogP contribution in [0.4, 0.5) is 0 Å². The molecule has 0 aliphatic heterocycles. The van der Waals surface area contributed by atoms with Gasteiger partial charge in [-0.15, -0.1) is 0 Å². The molecule has 0 heterocycles. The molecule has 0 aromatic rings. The summed E-state index contributed by atoms with van der Waals surface area (Å²) in [5, 5.41) is 23.4. The van der Waals surface area contributed by atoms with Crippen LogP contribution in [0.25, 0.3) is 0 Å². The Balaban J connectivity index is 3.38. The van der Waals surface area contributed by atoms with E-state index in [9.17, 15) is 19.8 Å². The fourth-order valence-electron chi connectivity index (χ4n) is 10.8. The Labute approximate surface area is 451 Å². The Bertz CT molecular complexity index is 1040. The topological polar surface area (TPSA) is 95.9 Å². The van der Waals surface area contributed by atoms with Gasteiger partial charge in [0.05, 0.1) is 25.4 Å². The molecule has 6 nitrogen and oxygen atoms in total. The van der Waals surface area contributed by atoms with Crippen LogP contribution in [0, 0.1) is 0 Å². The minimum atomic E-state index is -0.665. The van der Waals surface area contributed by atoms with Crippen molar-refractivity contribution in [2.24, 2.45) is 0 Å². The van der Waals surface area contributed by atoms with Crippen molar-refractivity contribution in [3.8, 4) is 0 Å². The van der Waals surface area contributed by atoms with Crippen LogP contribution in [0.3, 0.4) is 0 Å². The van der Waals surface area contributed by atoms with E-state index in [0.717, 1.165) is 38.5 Å². The fraction of sp³-hybridized carbons (Fsp3) is 0.970. The summed E-state index contributed by atoms with van der Waals surface area (Å²) >= 11 is 0. The van der Waals surface area contributed by atoms with Gasteiger partial charge in [0, 0.05) is 12.8 Å². The van der Waals surface area contributed by atoms with Gasteiger partial charge in [0.2, 0.25) is 5.91 Å². The van der Waals surface area contributed by atoms with E-state index in [-0.39, 0.29) is 18.5 Å². The molecule has 0 aliphatic carbocycles. The molecule has 0 aromatic carbocycles. The van der Waals surface area contributed by atoms with E-state index in [1.165, 1.54) is 315 Å². The minimum Gasteiger partial charge on any atom is -0.466 e. The first kappa shape index (κ1) is 70.9. The molecule has 0 saturated heterocycles. The third kappa shape index (κ3) is 58.1. The highest BCUT2D eigenvalue weighted by molar-refractivity contribution is 5.76. The maximum atomic E-state index is 12.5. The lowest BCUT2D eigenvalue weighted by molar-refractivity contribution is -0.143. The quantitative estimate of drug-likeness (QED) is 0.0417. The number of nitrogens with one attached hydrogen (secondary N) is 1. The second kappa shape index (κ2) is 62.4.